The third-order valence-corrected chi connectivity index (χ3v) is 6.03. The number of ether oxygens (including phenoxy) is 2. The molecule has 1 aromatic carbocycles. The van der Waals surface area contributed by atoms with Crippen LogP contribution >= 0.6 is 11.3 Å². The fraction of sp³-hybridized carbons (Fsp3) is 0.455. The largest absolute Gasteiger partial charge is 0.484 e. The van der Waals surface area contributed by atoms with Crippen LogP contribution < -0.4 is 10.1 Å². The molecule has 0 bridgehead atoms. The zero-order chi connectivity index (χ0) is 20.3. The number of hydrogen-bond donors (Lipinski definition) is 1. The molecule has 1 amide bonds. The molecule has 1 atom stereocenters. The molecule has 1 aliphatic rings. The lowest BCUT2D eigenvalue weighted by Gasteiger charge is -2.19. The van der Waals surface area contributed by atoms with Crippen LogP contribution in [0.3, 0.4) is 0 Å². The number of anilines is 1. The number of carbonyl (C=O) groups excluding carboxylic acids is 2. The summed E-state index contributed by atoms with van der Waals surface area (Å²) >= 11 is 1.49. The Morgan fingerprint density at radius 2 is 1.93 bits per heavy atom. The van der Waals surface area contributed by atoms with Crippen molar-refractivity contribution in [2.45, 2.75) is 52.9 Å². The minimum atomic E-state index is -0.362. The molecule has 1 heterocycles. The number of hydrogen-bond acceptors (Lipinski definition) is 5. The maximum absolute atomic E-state index is 12.6. The molecule has 2 aromatic rings. The second-order valence-corrected chi connectivity index (χ2v) is 8.42. The van der Waals surface area contributed by atoms with Crippen molar-refractivity contribution in [1.29, 1.82) is 0 Å². The second-order valence-electron chi connectivity index (χ2n) is 7.32. The minimum absolute atomic E-state index is 0.108. The van der Waals surface area contributed by atoms with E-state index in [-0.39, 0.29) is 24.4 Å². The van der Waals surface area contributed by atoms with Gasteiger partial charge in [-0.1, -0.05) is 13.0 Å². The van der Waals surface area contributed by atoms with Crippen LogP contribution in [0.2, 0.25) is 0 Å². The van der Waals surface area contributed by atoms with Gasteiger partial charge in [-0.15, -0.1) is 11.3 Å². The summed E-state index contributed by atoms with van der Waals surface area (Å²) in [4.78, 5) is 26.3. The van der Waals surface area contributed by atoms with Gasteiger partial charge >= 0.3 is 5.97 Å². The van der Waals surface area contributed by atoms with Crippen LogP contribution in [-0.4, -0.2) is 25.1 Å². The van der Waals surface area contributed by atoms with E-state index in [2.05, 4.69) is 18.3 Å². The third kappa shape index (κ3) is 4.55. The number of nitrogens with one attached hydrogen (secondary N) is 1. The second kappa shape index (κ2) is 8.78. The molecule has 3 rings (SSSR count). The number of rotatable bonds is 6. The van der Waals surface area contributed by atoms with Crippen LogP contribution in [0.1, 0.15) is 64.5 Å². The van der Waals surface area contributed by atoms with E-state index in [0.29, 0.717) is 22.9 Å². The molecule has 28 heavy (non-hydrogen) atoms. The summed E-state index contributed by atoms with van der Waals surface area (Å²) in [6.07, 6.45) is 3.07. The zero-order valence-corrected chi connectivity index (χ0v) is 17.7. The number of amides is 1. The van der Waals surface area contributed by atoms with Gasteiger partial charge in [0, 0.05) is 4.88 Å². The molecule has 0 aliphatic heterocycles. The molecular weight excluding hydrogens is 374 g/mol. The summed E-state index contributed by atoms with van der Waals surface area (Å²) in [7, 11) is 0. The van der Waals surface area contributed by atoms with Crippen molar-refractivity contribution in [2.75, 3.05) is 18.5 Å². The Labute approximate surface area is 170 Å². The molecule has 0 spiro atoms. The Morgan fingerprint density at radius 1 is 1.21 bits per heavy atom. The van der Waals surface area contributed by atoms with Gasteiger partial charge in [0.05, 0.1) is 12.2 Å². The monoisotopic (exact) mass is 401 g/mol. The Morgan fingerprint density at radius 3 is 2.61 bits per heavy atom. The normalized spacial score (nSPS) is 15.6. The average molecular weight is 402 g/mol. The Hall–Kier alpha value is -2.34. The number of fused-ring (bicyclic) bond motifs is 1. The number of carbonyl (C=O) groups is 2. The highest BCUT2D eigenvalue weighted by Gasteiger charge is 2.30. The van der Waals surface area contributed by atoms with Gasteiger partial charge in [-0.05, 0) is 74.8 Å². The minimum Gasteiger partial charge on any atom is -0.484 e. The highest BCUT2D eigenvalue weighted by atomic mass is 32.1. The van der Waals surface area contributed by atoms with Crippen LogP contribution in [0.5, 0.6) is 5.75 Å². The summed E-state index contributed by atoms with van der Waals surface area (Å²) < 4.78 is 10.9. The predicted octanol–water partition coefficient (Wildman–Crippen LogP) is 5.00. The smallest absolute Gasteiger partial charge is 0.341 e. The van der Waals surface area contributed by atoms with Crippen LogP contribution in [0, 0.1) is 13.8 Å². The van der Waals surface area contributed by atoms with Gasteiger partial charge in [0.2, 0.25) is 0 Å². The van der Waals surface area contributed by atoms with Crippen LogP contribution in [0.15, 0.2) is 18.2 Å². The molecule has 150 valence electrons. The highest BCUT2D eigenvalue weighted by molar-refractivity contribution is 7.17. The summed E-state index contributed by atoms with van der Waals surface area (Å²) in [5.41, 5.74) is 3.73. The first-order valence-electron chi connectivity index (χ1n) is 9.72. The third-order valence-electron chi connectivity index (χ3n) is 4.85. The molecule has 6 heteroatoms. The van der Waals surface area contributed by atoms with Gasteiger partial charge in [-0.3, -0.25) is 4.79 Å². The quantitative estimate of drug-likeness (QED) is 0.692. The zero-order valence-electron chi connectivity index (χ0n) is 16.9. The first-order valence-corrected chi connectivity index (χ1v) is 10.5. The molecule has 0 saturated heterocycles. The van der Waals surface area contributed by atoms with E-state index < -0.39 is 0 Å². The lowest BCUT2D eigenvalue weighted by Crippen LogP contribution is -2.21. The Bertz CT molecular complexity index is 867. The summed E-state index contributed by atoms with van der Waals surface area (Å²) in [5, 5.41) is 3.46. The van der Waals surface area contributed by atoms with Crippen molar-refractivity contribution in [3.8, 4) is 5.75 Å². The Kier molecular flexibility index (Phi) is 6.39. The van der Waals surface area contributed by atoms with Gasteiger partial charge in [0.15, 0.2) is 6.61 Å². The van der Waals surface area contributed by atoms with Gasteiger partial charge < -0.3 is 14.8 Å². The van der Waals surface area contributed by atoms with Crippen molar-refractivity contribution in [3.63, 3.8) is 0 Å². The van der Waals surface area contributed by atoms with E-state index in [0.717, 1.165) is 36.0 Å². The molecule has 5 nitrogen and oxygen atoms in total. The van der Waals surface area contributed by atoms with E-state index in [1.807, 2.05) is 26.0 Å². The van der Waals surface area contributed by atoms with Crippen molar-refractivity contribution in [1.82, 2.24) is 0 Å². The van der Waals surface area contributed by atoms with E-state index >= 15 is 0 Å². The van der Waals surface area contributed by atoms with Crippen molar-refractivity contribution in [3.05, 3.63) is 45.3 Å². The lowest BCUT2D eigenvalue weighted by atomic mass is 9.86. The fourth-order valence-corrected chi connectivity index (χ4v) is 5.10. The topological polar surface area (TPSA) is 64.6 Å². The van der Waals surface area contributed by atoms with Crippen LogP contribution in [-0.2, 0) is 16.0 Å². The van der Waals surface area contributed by atoms with E-state index in [1.165, 1.54) is 16.2 Å². The van der Waals surface area contributed by atoms with E-state index in [4.69, 9.17) is 9.47 Å². The maximum atomic E-state index is 12.6. The van der Waals surface area contributed by atoms with Crippen molar-refractivity contribution >= 4 is 28.2 Å². The SMILES string of the molecule is CCOC(=O)c1c(NC(=O)COc2cc(C)cc(C)c2)sc2c1C(C)CCC2. The number of esters is 1. The molecule has 1 N–H and O–H groups in total. The molecule has 1 aliphatic carbocycles. The van der Waals surface area contributed by atoms with E-state index in [9.17, 15) is 9.59 Å². The first-order chi connectivity index (χ1) is 13.4. The molecule has 0 saturated carbocycles. The standard InChI is InChI=1S/C22H27NO4S/c1-5-26-22(25)20-19-15(4)7-6-8-17(19)28-21(20)23-18(24)12-27-16-10-13(2)9-14(3)11-16/h9-11,15H,5-8,12H2,1-4H3,(H,23,24). The van der Waals surface area contributed by atoms with Crippen molar-refractivity contribution in [2.24, 2.45) is 0 Å². The van der Waals surface area contributed by atoms with Gasteiger partial charge in [0.1, 0.15) is 10.8 Å². The van der Waals surface area contributed by atoms with Gasteiger partial charge in [-0.25, -0.2) is 4.79 Å². The van der Waals surface area contributed by atoms with Crippen molar-refractivity contribution < 1.29 is 19.1 Å². The van der Waals surface area contributed by atoms with Gasteiger partial charge in [0.25, 0.3) is 5.91 Å². The molecule has 0 fully saturated rings. The first kappa shape index (κ1) is 20.4. The maximum Gasteiger partial charge on any atom is 0.341 e. The van der Waals surface area contributed by atoms with Crippen LogP contribution in [0.4, 0.5) is 5.00 Å². The molecular formula is C22H27NO4S. The molecule has 1 unspecified atom stereocenters. The molecule has 1 aromatic heterocycles. The van der Waals surface area contributed by atoms with E-state index in [1.54, 1.807) is 6.92 Å². The Balaban J connectivity index is 1.77. The number of thiophene rings is 1. The summed E-state index contributed by atoms with van der Waals surface area (Å²) in [5.74, 6) is 0.309. The number of aryl methyl sites for hydroxylation is 3. The lowest BCUT2D eigenvalue weighted by molar-refractivity contribution is -0.118. The summed E-state index contributed by atoms with van der Waals surface area (Å²) in [6, 6.07) is 5.85. The predicted molar refractivity (Wildman–Crippen MR) is 112 cm³/mol. The van der Waals surface area contributed by atoms with Gasteiger partial charge in [-0.2, -0.15) is 0 Å². The summed E-state index contributed by atoms with van der Waals surface area (Å²) in [6.45, 7) is 8.09. The molecule has 0 radical (unpaired) electrons. The fourth-order valence-electron chi connectivity index (χ4n) is 3.73. The van der Waals surface area contributed by atoms with Crippen LogP contribution in [0.25, 0.3) is 0 Å². The highest BCUT2D eigenvalue weighted by Crippen LogP contribution is 2.43. The number of benzene rings is 1. The average Bonchev–Trinajstić information content (AvgIpc) is 2.99.